The highest BCUT2D eigenvalue weighted by Gasteiger charge is 2.42. The Morgan fingerprint density at radius 2 is 2.18 bits per heavy atom. The van der Waals surface area contributed by atoms with Crippen LogP contribution in [0.4, 0.5) is 4.79 Å². The Morgan fingerprint density at radius 3 is 2.68 bits per heavy atom. The fourth-order valence-electron chi connectivity index (χ4n) is 2.88. The van der Waals surface area contributed by atoms with Gasteiger partial charge in [0.15, 0.2) is 0 Å². The van der Waals surface area contributed by atoms with Gasteiger partial charge in [-0.1, -0.05) is 13.8 Å². The second-order valence-corrected chi connectivity index (χ2v) is 7.31. The fraction of sp³-hybridized carbons (Fsp3) is 0.750. The number of hydrogen-bond donors (Lipinski definition) is 3. The Labute approximate surface area is 132 Å². The van der Waals surface area contributed by atoms with Gasteiger partial charge in [-0.2, -0.15) is 5.10 Å². The summed E-state index contributed by atoms with van der Waals surface area (Å²) in [6.07, 6.45) is 6.90. The third-order valence-corrected chi connectivity index (χ3v) is 4.34. The molecule has 0 saturated heterocycles. The average molecular weight is 308 g/mol. The summed E-state index contributed by atoms with van der Waals surface area (Å²) in [5.41, 5.74) is -0.133. The molecule has 6 heteroatoms. The molecule has 1 fully saturated rings. The summed E-state index contributed by atoms with van der Waals surface area (Å²) in [5.74, 6) is 0.652. The number of carbonyl (C=O) groups excluding carboxylic acids is 1. The van der Waals surface area contributed by atoms with Crippen LogP contribution in [0.1, 0.15) is 45.6 Å². The molecule has 0 spiro atoms. The highest BCUT2D eigenvalue weighted by Crippen LogP contribution is 2.49. The van der Waals surface area contributed by atoms with Crippen LogP contribution in [0, 0.1) is 11.3 Å². The molecule has 1 heterocycles. The van der Waals surface area contributed by atoms with Gasteiger partial charge in [-0.05, 0) is 37.5 Å². The normalized spacial score (nSPS) is 18.8. The van der Waals surface area contributed by atoms with Crippen molar-refractivity contribution in [1.82, 2.24) is 20.4 Å². The van der Waals surface area contributed by atoms with Gasteiger partial charge >= 0.3 is 6.03 Å². The van der Waals surface area contributed by atoms with E-state index in [9.17, 15) is 9.90 Å². The van der Waals surface area contributed by atoms with Crippen molar-refractivity contribution in [2.24, 2.45) is 18.4 Å². The first kappa shape index (κ1) is 16.8. The monoisotopic (exact) mass is 308 g/mol. The highest BCUT2D eigenvalue weighted by atomic mass is 16.3. The van der Waals surface area contributed by atoms with Crippen molar-refractivity contribution < 1.29 is 9.90 Å². The molecule has 1 aliphatic rings. The second kappa shape index (κ2) is 6.28. The van der Waals surface area contributed by atoms with Gasteiger partial charge < -0.3 is 15.7 Å². The summed E-state index contributed by atoms with van der Waals surface area (Å²) in [6.45, 7) is 6.97. The van der Waals surface area contributed by atoms with Gasteiger partial charge in [0.1, 0.15) is 5.60 Å². The van der Waals surface area contributed by atoms with Crippen LogP contribution in [0.3, 0.4) is 0 Å². The van der Waals surface area contributed by atoms with Gasteiger partial charge in [-0.3, -0.25) is 4.68 Å². The van der Waals surface area contributed by atoms with E-state index in [-0.39, 0.29) is 12.6 Å². The lowest BCUT2D eigenvalue weighted by Crippen LogP contribution is -2.44. The van der Waals surface area contributed by atoms with Crippen molar-refractivity contribution in [2.45, 2.75) is 45.6 Å². The predicted octanol–water partition coefficient (Wildman–Crippen LogP) is 1.75. The van der Waals surface area contributed by atoms with Crippen molar-refractivity contribution in [2.75, 3.05) is 13.1 Å². The standard InChI is InChI=1S/C16H28N4O2/c1-12(2)7-16(5-6-16)11-18-14(21)17-10-15(3,22)13-8-19-20(4)9-13/h8-9,12,22H,5-7,10-11H2,1-4H3,(H2,17,18,21). The number of hydrogen-bond acceptors (Lipinski definition) is 3. The number of aromatic nitrogens is 2. The maximum atomic E-state index is 11.9. The van der Waals surface area contributed by atoms with Crippen molar-refractivity contribution in [3.8, 4) is 0 Å². The number of aliphatic hydroxyl groups is 1. The molecule has 0 aliphatic heterocycles. The minimum Gasteiger partial charge on any atom is -0.383 e. The SMILES string of the molecule is CC(C)CC1(CNC(=O)NCC(C)(O)c2cnn(C)c2)CC1. The number of urea groups is 1. The van der Waals surface area contributed by atoms with E-state index in [1.54, 1.807) is 31.0 Å². The van der Waals surface area contributed by atoms with E-state index in [1.165, 1.54) is 12.8 Å². The third-order valence-electron chi connectivity index (χ3n) is 4.34. The molecule has 1 aromatic rings. The molecule has 6 nitrogen and oxygen atoms in total. The van der Waals surface area contributed by atoms with Gasteiger partial charge in [0.2, 0.25) is 0 Å². The summed E-state index contributed by atoms with van der Waals surface area (Å²) in [6, 6.07) is -0.223. The Kier molecular flexibility index (Phi) is 4.80. The summed E-state index contributed by atoms with van der Waals surface area (Å²) in [5, 5.41) is 20.1. The van der Waals surface area contributed by atoms with Crippen LogP contribution in [0.25, 0.3) is 0 Å². The summed E-state index contributed by atoms with van der Waals surface area (Å²) < 4.78 is 1.63. The molecule has 0 aromatic carbocycles. The molecule has 1 aliphatic carbocycles. The summed E-state index contributed by atoms with van der Waals surface area (Å²) in [4.78, 5) is 11.9. The first-order valence-corrected chi connectivity index (χ1v) is 7.96. The molecule has 0 radical (unpaired) electrons. The van der Waals surface area contributed by atoms with E-state index in [4.69, 9.17) is 0 Å². The summed E-state index contributed by atoms with van der Waals surface area (Å²) >= 11 is 0. The van der Waals surface area contributed by atoms with Crippen molar-refractivity contribution >= 4 is 6.03 Å². The Balaban J connectivity index is 1.76. The highest BCUT2D eigenvalue weighted by molar-refractivity contribution is 5.74. The lowest BCUT2D eigenvalue weighted by Gasteiger charge is -2.23. The zero-order chi connectivity index (χ0) is 16.4. The zero-order valence-corrected chi connectivity index (χ0v) is 14.0. The van der Waals surface area contributed by atoms with Crippen LogP contribution in [-0.4, -0.2) is 34.0 Å². The van der Waals surface area contributed by atoms with Crippen LogP contribution in [-0.2, 0) is 12.6 Å². The Bertz CT molecular complexity index is 518. The topological polar surface area (TPSA) is 79.2 Å². The fourth-order valence-corrected chi connectivity index (χ4v) is 2.88. The van der Waals surface area contributed by atoms with Crippen LogP contribution >= 0.6 is 0 Å². The number of rotatable bonds is 7. The predicted molar refractivity (Wildman–Crippen MR) is 85.3 cm³/mol. The largest absolute Gasteiger partial charge is 0.383 e. The van der Waals surface area contributed by atoms with Crippen molar-refractivity contribution in [1.29, 1.82) is 0 Å². The average Bonchev–Trinajstić information content (AvgIpc) is 3.03. The maximum Gasteiger partial charge on any atom is 0.314 e. The van der Waals surface area contributed by atoms with Crippen molar-refractivity contribution in [3.63, 3.8) is 0 Å². The van der Waals surface area contributed by atoms with E-state index < -0.39 is 5.60 Å². The Hall–Kier alpha value is -1.56. The van der Waals surface area contributed by atoms with Crippen LogP contribution in [0.2, 0.25) is 0 Å². The Morgan fingerprint density at radius 1 is 1.50 bits per heavy atom. The molecule has 1 atom stereocenters. The first-order valence-electron chi connectivity index (χ1n) is 7.96. The third kappa shape index (κ3) is 4.47. The maximum absolute atomic E-state index is 11.9. The number of amides is 2. The van der Waals surface area contributed by atoms with Crippen molar-refractivity contribution in [3.05, 3.63) is 18.0 Å². The second-order valence-electron chi connectivity index (χ2n) is 7.31. The summed E-state index contributed by atoms with van der Waals surface area (Å²) in [7, 11) is 1.80. The molecule has 1 saturated carbocycles. The lowest BCUT2D eigenvalue weighted by molar-refractivity contribution is 0.0592. The van der Waals surface area contributed by atoms with E-state index in [2.05, 4.69) is 29.6 Å². The van der Waals surface area contributed by atoms with Crippen LogP contribution in [0.15, 0.2) is 12.4 Å². The van der Waals surface area contributed by atoms with E-state index in [0.717, 1.165) is 6.42 Å². The molecule has 22 heavy (non-hydrogen) atoms. The van der Waals surface area contributed by atoms with Gasteiger partial charge in [0, 0.05) is 25.4 Å². The van der Waals surface area contributed by atoms with Gasteiger partial charge in [0.05, 0.1) is 12.7 Å². The van der Waals surface area contributed by atoms with E-state index >= 15 is 0 Å². The molecule has 3 N–H and O–H groups in total. The molecule has 1 unspecified atom stereocenters. The quantitative estimate of drug-likeness (QED) is 0.718. The molecular formula is C16H28N4O2. The lowest BCUT2D eigenvalue weighted by atomic mass is 9.94. The van der Waals surface area contributed by atoms with Gasteiger partial charge in [-0.25, -0.2) is 4.79 Å². The van der Waals surface area contributed by atoms with Gasteiger partial charge in [0.25, 0.3) is 0 Å². The number of aryl methyl sites for hydroxylation is 1. The molecule has 2 rings (SSSR count). The minimum atomic E-state index is -1.12. The number of nitrogens with one attached hydrogen (secondary N) is 2. The first-order chi connectivity index (χ1) is 10.2. The zero-order valence-electron chi connectivity index (χ0n) is 14.0. The molecule has 1 aromatic heterocycles. The molecule has 0 bridgehead atoms. The number of carbonyl (C=O) groups is 1. The van der Waals surface area contributed by atoms with Gasteiger partial charge in [-0.15, -0.1) is 0 Å². The molecule has 124 valence electrons. The minimum absolute atomic E-state index is 0.154. The smallest absolute Gasteiger partial charge is 0.314 e. The van der Waals surface area contributed by atoms with E-state index in [0.29, 0.717) is 23.4 Å². The molecule has 2 amide bonds. The number of nitrogens with zero attached hydrogens (tertiary/aromatic N) is 2. The molecular weight excluding hydrogens is 280 g/mol. The van der Waals surface area contributed by atoms with E-state index in [1.807, 2.05) is 0 Å². The van der Waals surface area contributed by atoms with Crippen LogP contribution < -0.4 is 10.6 Å². The van der Waals surface area contributed by atoms with Crippen LogP contribution in [0.5, 0.6) is 0 Å².